The summed E-state index contributed by atoms with van der Waals surface area (Å²) in [6.45, 7) is 3.46. The zero-order valence-electron chi connectivity index (χ0n) is 19.0. The van der Waals surface area contributed by atoms with Crippen molar-refractivity contribution in [2.24, 2.45) is 0 Å². The molecule has 2 aliphatic rings. The van der Waals surface area contributed by atoms with Crippen molar-refractivity contribution in [1.82, 2.24) is 19.9 Å². The molecule has 0 bridgehead atoms. The summed E-state index contributed by atoms with van der Waals surface area (Å²) in [6, 6.07) is 9.73. The van der Waals surface area contributed by atoms with Crippen LogP contribution in [0.1, 0.15) is 24.8 Å². The van der Waals surface area contributed by atoms with E-state index in [2.05, 4.69) is 9.88 Å². The van der Waals surface area contributed by atoms with Gasteiger partial charge in [0.1, 0.15) is 5.82 Å². The Balaban J connectivity index is 1.41. The van der Waals surface area contributed by atoms with Gasteiger partial charge in [-0.1, -0.05) is 11.6 Å². The zero-order valence-corrected chi connectivity index (χ0v) is 19.8. The highest BCUT2D eigenvalue weighted by atomic mass is 35.5. The molecule has 0 unspecified atom stereocenters. The highest BCUT2D eigenvalue weighted by Crippen LogP contribution is 2.35. The molecule has 2 fully saturated rings. The first-order valence-electron chi connectivity index (χ1n) is 11.7. The summed E-state index contributed by atoms with van der Waals surface area (Å²) in [7, 11) is 0. The summed E-state index contributed by atoms with van der Waals surface area (Å²) in [4.78, 5) is 24.1. The van der Waals surface area contributed by atoms with Crippen LogP contribution in [0, 0.1) is 0 Å². The number of hydrogen-bond acceptors (Lipinski definition) is 7. The Kier molecular flexibility index (Phi) is 6.64. The van der Waals surface area contributed by atoms with Gasteiger partial charge < -0.3 is 14.7 Å². The Bertz CT molecular complexity index is 1160. The number of piperidine rings is 1. The third-order valence-electron chi connectivity index (χ3n) is 6.31. The van der Waals surface area contributed by atoms with E-state index in [0.717, 1.165) is 37.6 Å². The third-order valence-corrected chi connectivity index (χ3v) is 6.56. The Labute approximate surface area is 206 Å². The van der Waals surface area contributed by atoms with Crippen LogP contribution in [-0.2, 0) is 6.18 Å². The number of piperazine rings is 1. The van der Waals surface area contributed by atoms with E-state index in [1.807, 2.05) is 17.0 Å². The monoisotopic (exact) mass is 503 g/mol. The lowest BCUT2D eigenvalue weighted by atomic mass is 10.1. The van der Waals surface area contributed by atoms with Crippen LogP contribution >= 0.6 is 11.6 Å². The summed E-state index contributed by atoms with van der Waals surface area (Å²) in [5.74, 6) is 1.68. The third kappa shape index (κ3) is 5.27. The molecule has 0 N–H and O–H groups in total. The van der Waals surface area contributed by atoms with Crippen LogP contribution in [0.4, 0.5) is 30.9 Å². The van der Waals surface area contributed by atoms with Gasteiger partial charge in [-0.15, -0.1) is 0 Å². The first kappa shape index (κ1) is 23.6. The SMILES string of the molecule is FC(F)(F)c1cccnc1N1CCN(c2nc(-c3ccc(Cl)cc3)nc(N3CCCCC3)n2)CC1. The van der Waals surface area contributed by atoms with Crippen molar-refractivity contribution in [1.29, 1.82) is 0 Å². The minimum Gasteiger partial charge on any atom is -0.353 e. The number of anilines is 3. The van der Waals surface area contributed by atoms with Crippen molar-refractivity contribution >= 4 is 29.3 Å². The van der Waals surface area contributed by atoms with Crippen LogP contribution < -0.4 is 14.7 Å². The van der Waals surface area contributed by atoms with Crippen molar-refractivity contribution in [3.63, 3.8) is 0 Å². The van der Waals surface area contributed by atoms with Crippen LogP contribution in [0.3, 0.4) is 0 Å². The number of hydrogen-bond donors (Lipinski definition) is 0. The molecule has 5 rings (SSSR count). The van der Waals surface area contributed by atoms with Crippen molar-refractivity contribution in [2.45, 2.75) is 25.4 Å². The molecule has 2 saturated heterocycles. The molecular formula is C24H25ClF3N7. The van der Waals surface area contributed by atoms with Crippen LogP contribution in [0.5, 0.6) is 0 Å². The maximum atomic E-state index is 13.5. The fraction of sp³-hybridized carbons (Fsp3) is 0.417. The lowest BCUT2D eigenvalue weighted by Gasteiger charge is -2.36. The van der Waals surface area contributed by atoms with Gasteiger partial charge in [-0.2, -0.15) is 28.1 Å². The molecule has 0 spiro atoms. The van der Waals surface area contributed by atoms with Gasteiger partial charge in [-0.25, -0.2) is 4.98 Å². The standard InChI is InChI=1S/C24H25ClF3N7/c25-18-8-6-17(7-9-18)20-30-22(34-11-2-1-3-12-34)32-23(31-20)35-15-13-33(14-16-35)21-19(24(26,27)28)5-4-10-29-21/h4-10H,1-3,11-16H2. The normalized spacial score (nSPS) is 17.1. The highest BCUT2D eigenvalue weighted by Gasteiger charge is 2.36. The zero-order chi connectivity index (χ0) is 24.4. The Morgan fingerprint density at radius 2 is 1.31 bits per heavy atom. The molecule has 0 radical (unpaired) electrons. The van der Waals surface area contributed by atoms with Crippen LogP contribution in [-0.4, -0.2) is 59.2 Å². The van der Waals surface area contributed by atoms with Gasteiger partial charge in [-0.3, -0.25) is 0 Å². The summed E-state index contributed by atoms with van der Waals surface area (Å²) in [5, 5.41) is 0.628. The minimum absolute atomic E-state index is 0.0360. The van der Waals surface area contributed by atoms with Crippen molar-refractivity contribution in [2.75, 3.05) is 54.0 Å². The molecule has 7 nitrogen and oxygen atoms in total. The maximum absolute atomic E-state index is 13.5. The molecule has 0 saturated carbocycles. The number of rotatable bonds is 4. The van der Waals surface area contributed by atoms with E-state index in [1.165, 1.54) is 18.7 Å². The fourth-order valence-corrected chi connectivity index (χ4v) is 4.57. The molecule has 2 aliphatic heterocycles. The van der Waals surface area contributed by atoms with Gasteiger partial charge in [0.2, 0.25) is 11.9 Å². The summed E-state index contributed by atoms with van der Waals surface area (Å²) in [6.07, 6.45) is 0.301. The van der Waals surface area contributed by atoms with Crippen molar-refractivity contribution in [3.05, 3.63) is 53.2 Å². The molecule has 4 heterocycles. The second-order valence-corrected chi connectivity index (χ2v) is 9.10. The number of nitrogens with zero attached hydrogens (tertiary/aromatic N) is 7. The van der Waals surface area contributed by atoms with Gasteiger partial charge in [0.25, 0.3) is 0 Å². The number of alkyl halides is 3. The van der Waals surface area contributed by atoms with Gasteiger partial charge in [0, 0.05) is 56.1 Å². The number of benzene rings is 1. The smallest absolute Gasteiger partial charge is 0.353 e. The topological polar surface area (TPSA) is 61.3 Å². The molecule has 0 aliphatic carbocycles. The van der Waals surface area contributed by atoms with Crippen LogP contribution in [0.25, 0.3) is 11.4 Å². The Hall–Kier alpha value is -3.14. The number of pyridine rings is 1. The van der Waals surface area contributed by atoms with Crippen molar-refractivity contribution in [3.8, 4) is 11.4 Å². The van der Waals surface area contributed by atoms with Crippen LogP contribution in [0.2, 0.25) is 5.02 Å². The van der Waals surface area contributed by atoms with Gasteiger partial charge >= 0.3 is 6.18 Å². The molecule has 2 aromatic heterocycles. The lowest BCUT2D eigenvalue weighted by Crippen LogP contribution is -2.48. The minimum atomic E-state index is -4.45. The van der Waals surface area contributed by atoms with E-state index in [9.17, 15) is 13.2 Å². The second-order valence-electron chi connectivity index (χ2n) is 8.66. The van der Waals surface area contributed by atoms with Crippen molar-refractivity contribution < 1.29 is 13.2 Å². The van der Waals surface area contributed by atoms with Gasteiger partial charge in [0.05, 0.1) is 5.56 Å². The largest absolute Gasteiger partial charge is 0.419 e. The molecule has 11 heteroatoms. The summed E-state index contributed by atoms with van der Waals surface area (Å²) >= 11 is 6.06. The molecule has 0 atom stereocenters. The molecule has 0 amide bonds. The van der Waals surface area contributed by atoms with Gasteiger partial charge in [-0.05, 0) is 55.7 Å². The predicted octanol–water partition coefficient (Wildman–Crippen LogP) is 4.92. The molecular weight excluding hydrogens is 479 g/mol. The number of aromatic nitrogens is 4. The average Bonchev–Trinajstić information content (AvgIpc) is 2.89. The summed E-state index contributed by atoms with van der Waals surface area (Å²) in [5.41, 5.74) is 0.115. The van der Waals surface area contributed by atoms with Crippen LogP contribution in [0.15, 0.2) is 42.6 Å². The van der Waals surface area contributed by atoms with E-state index in [-0.39, 0.29) is 5.82 Å². The average molecular weight is 504 g/mol. The first-order chi connectivity index (χ1) is 16.9. The van der Waals surface area contributed by atoms with E-state index in [0.29, 0.717) is 48.9 Å². The van der Waals surface area contributed by atoms with E-state index >= 15 is 0 Å². The lowest BCUT2D eigenvalue weighted by molar-refractivity contribution is -0.137. The molecule has 35 heavy (non-hydrogen) atoms. The summed E-state index contributed by atoms with van der Waals surface area (Å²) < 4.78 is 40.4. The highest BCUT2D eigenvalue weighted by molar-refractivity contribution is 6.30. The number of halogens is 4. The molecule has 3 aromatic rings. The predicted molar refractivity (Wildman–Crippen MR) is 130 cm³/mol. The Morgan fingerprint density at radius 1 is 0.714 bits per heavy atom. The first-order valence-corrected chi connectivity index (χ1v) is 12.1. The molecule has 1 aromatic carbocycles. The van der Waals surface area contributed by atoms with E-state index in [1.54, 1.807) is 17.0 Å². The van der Waals surface area contributed by atoms with Gasteiger partial charge in [0.15, 0.2) is 5.82 Å². The second kappa shape index (κ2) is 9.85. The quantitative estimate of drug-likeness (QED) is 0.500. The van der Waals surface area contributed by atoms with E-state index < -0.39 is 11.7 Å². The maximum Gasteiger partial charge on any atom is 0.419 e. The fourth-order valence-electron chi connectivity index (χ4n) is 4.45. The Morgan fingerprint density at radius 3 is 1.94 bits per heavy atom. The molecule has 184 valence electrons. The van der Waals surface area contributed by atoms with E-state index in [4.69, 9.17) is 26.6 Å².